The van der Waals surface area contributed by atoms with E-state index in [2.05, 4.69) is 20.8 Å². The molecule has 0 spiro atoms. The molecule has 1 atom stereocenters. The van der Waals surface area contributed by atoms with Gasteiger partial charge < -0.3 is 5.32 Å². The quantitative estimate of drug-likeness (QED) is 0.336. The predicted octanol–water partition coefficient (Wildman–Crippen LogP) is 5.06. The van der Waals surface area contributed by atoms with Crippen LogP contribution in [0.4, 0.5) is 9.52 Å². The van der Waals surface area contributed by atoms with Crippen molar-refractivity contribution in [3.63, 3.8) is 0 Å². The molecule has 0 unspecified atom stereocenters. The molecule has 9 heteroatoms. The second kappa shape index (κ2) is 11.2. The maximum atomic E-state index is 13.0. The average Bonchev–Trinajstić information content (AvgIpc) is 3.20. The molecule has 1 heterocycles. The maximum Gasteiger partial charge on any atom is 0.252 e. The minimum atomic E-state index is -0.693. The van der Waals surface area contributed by atoms with Crippen LogP contribution in [0.2, 0.25) is 0 Å². The number of aromatic nitrogens is 2. The van der Waals surface area contributed by atoms with Crippen LogP contribution in [0.5, 0.6) is 0 Å². The molecule has 0 radical (unpaired) electrons. The summed E-state index contributed by atoms with van der Waals surface area (Å²) in [6, 6.07) is 12.9. The van der Waals surface area contributed by atoms with E-state index in [1.54, 1.807) is 24.3 Å². The Morgan fingerprint density at radius 3 is 2.50 bits per heavy atom. The summed E-state index contributed by atoms with van der Waals surface area (Å²) in [5.41, 5.74) is 2.36. The van der Waals surface area contributed by atoms with Gasteiger partial charge in [0, 0.05) is 11.3 Å². The number of benzene rings is 2. The van der Waals surface area contributed by atoms with E-state index in [-0.39, 0.29) is 23.5 Å². The van der Waals surface area contributed by atoms with E-state index in [9.17, 15) is 14.0 Å². The molecule has 2 aromatic carbocycles. The number of nitrogens with zero attached hydrogens (tertiary/aromatic N) is 2. The van der Waals surface area contributed by atoms with Gasteiger partial charge >= 0.3 is 0 Å². The highest BCUT2D eigenvalue weighted by molar-refractivity contribution is 8.00. The fourth-order valence-electron chi connectivity index (χ4n) is 3.00. The highest BCUT2D eigenvalue weighted by atomic mass is 32.2. The van der Waals surface area contributed by atoms with Gasteiger partial charge in [0.25, 0.3) is 5.91 Å². The van der Waals surface area contributed by atoms with Gasteiger partial charge in [-0.2, -0.15) is 0 Å². The summed E-state index contributed by atoms with van der Waals surface area (Å²) < 4.78 is 13.7. The van der Waals surface area contributed by atoms with E-state index in [1.807, 2.05) is 32.9 Å². The van der Waals surface area contributed by atoms with E-state index in [0.717, 1.165) is 11.1 Å². The van der Waals surface area contributed by atoms with Crippen molar-refractivity contribution in [3.05, 3.63) is 71.0 Å². The Morgan fingerprint density at radius 2 is 1.81 bits per heavy atom. The van der Waals surface area contributed by atoms with Crippen LogP contribution >= 0.6 is 23.1 Å². The number of carbonyl (C=O) groups is 2. The zero-order valence-electron chi connectivity index (χ0n) is 18.1. The molecule has 168 valence electrons. The smallest absolute Gasteiger partial charge is 0.252 e. The van der Waals surface area contributed by atoms with Crippen LogP contribution in [-0.4, -0.2) is 28.1 Å². The number of nitrogens with one attached hydrogen (secondary N) is 2. The third-order valence-electron chi connectivity index (χ3n) is 4.63. The maximum absolute atomic E-state index is 13.0. The number of aryl methyl sites for hydroxylation is 1. The Bertz CT molecular complexity index is 1070. The Kier molecular flexibility index (Phi) is 8.35. The number of carbonyl (C=O) groups excluding carboxylic acids is 2. The predicted molar refractivity (Wildman–Crippen MR) is 126 cm³/mol. The Balaban J connectivity index is 1.61. The molecule has 0 fully saturated rings. The standard InChI is InChI=1S/C23H25FN4O2S2/c1-14(2)12-19(25-20(29)18-7-5-4-6-15(18)3)21(30)26-22-27-28-23(32-22)31-13-16-8-10-17(24)11-9-16/h4-11,14,19H,12-13H2,1-3H3,(H,25,29)(H,26,27,30)/t19-/m1/s1. The third kappa shape index (κ3) is 6.86. The normalized spacial score (nSPS) is 11.9. The zero-order valence-corrected chi connectivity index (χ0v) is 19.7. The molecule has 0 saturated carbocycles. The number of hydrogen-bond acceptors (Lipinski definition) is 6. The first-order chi connectivity index (χ1) is 15.3. The second-order valence-corrected chi connectivity index (χ2v) is 9.95. The molecule has 3 aromatic rings. The summed E-state index contributed by atoms with van der Waals surface area (Å²) >= 11 is 2.72. The Morgan fingerprint density at radius 1 is 1.09 bits per heavy atom. The van der Waals surface area contributed by atoms with Gasteiger partial charge in [-0.05, 0) is 48.6 Å². The minimum Gasteiger partial charge on any atom is -0.340 e. The number of halogens is 1. The topological polar surface area (TPSA) is 84.0 Å². The van der Waals surface area contributed by atoms with E-state index in [0.29, 0.717) is 27.2 Å². The van der Waals surface area contributed by atoms with Crippen molar-refractivity contribution in [3.8, 4) is 0 Å². The van der Waals surface area contributed by atoms with Crippen LogP contribution < -0.4 is 10.6 Å². The minimum absolute atomic E-state index is 0.208. The van der Waals surface area contributed by atoms with E-state index < -0.39 is 6.04 Å². The van der Waals surface area contributed by atoms with Crippen molar-refractivity contribution < 1.29 is 14.0 Å². The molecule has 1 aromatic heterocycles. The molecule has 2 amide bonds. The summed E-state index contributed by atoms with van der Waals surface area (Å²) in [4.78, 5) is 25.6. The molecule has 0 saturated heterocycles. The Hall–Kier alpha value is -2.78. The fraction of sp³-hybridized carbons (Fsp3) is 0.304. The summed E-state index contributed by atoms with van der Waals surface area (Å²) in [7, 11) is 0. The van der Waals surface area contributed by atoms with Crippen molar-refractivity contribution >= 4 is 40.0 Å². The molecule has 0 aliphatic rings. The summed E-state index contributed by atoms with van der Waals surface area (Å²) in [6.07, 6.45) is 0.494. The lowest BCUT2D eigenvalue weighted by Gasteiger charge is -2.20. The van der Waals surface area contributed by atoms with E-state index in [1.165, 1.54) is 35.2 Å². The van der Waals surface area contributed by atoms with Gasteiger partial charge in [0.05, 0.1) is 0 Å². The number of rotatable bonds is 9. The van der Waals surface area contributed by atoms with E-state index in [4.69, 9.17) is 0 Å². The molecule has 3 rings (SSSR count). The first kappa shape index (κ1) is 23.9. The SMILES string of the molecule is Cc1ccccc1C(=O)N[C@H](CC(C)C)C(=O)Nc1nnc(SCc2ccc(F)cc2)s1. The van der Waals surface area contributed by atoms with Crippen LogP contribution in [0.25, 0.3) is 0 Å². The van der Waals surface area contributed by atoms with Gasteiger partial charge in [0.1, 0.15) is 11.9 Å². The van der Waals surface area contributed by atoms with E-state index >= 15 is 0 Å². The van der Waals surface area contributed by atoms with Crippen LogP contribution in [0.1, 0.15) is 41.8 Å². The molecule has 0 bridgehead atoms. The molecular formula is C23H25FN4O2S2. The van der Waals surface area contributed by atoms with Gasteiger partial charge in [-0.1, -0.05) is 67.3 Å². The number of hydrogen-bond donors (Lipinski definition) is 2. The van der Waals surface area contributed by atoms with Crippen molar-refractivity contribution in [1.82, 2.24) is 15.5 Å². The number of thioether (sulfide) groups is 1. The van der Waals surface area contributed by atoms with Gasteiger partial charge in [-0.3, -0.25) is 14.9 Å². The summed E-state index contributed by atoms with van der Waals surface area (Å²) in [5.74, 6) is -0.0569. The van der Waals surface area contributed by atoms with Crippen molar-refractivity contribution in [1.29, 1.82) is 0 Å². The average molecular weight is 473 g/mol. The van der Waals surface area contributed by atoms with Gasteiger partial charge in [-0.15, -0.1) is 10.2 Å². The second-order valence-electron chi connectivity index (χ2n) is 7.75. The number of amides is 2. The van der Waals surface area contributed by atoms with Gasteiger partial charge in [0.15, 0.2) is 4.34 Å². The summed E-state index contributed by atoms with van der Waals surface area (Å²) in [6.45, 7) is 5.85. The lowest BCUT2D eigenvalue weighted by molar-refractivity contribution is -0.118. The highest BCUT2D eigenvalue weighted by Gasteiger charge is 2.24. The lowest BCUT2D eigenvalue weighted by atomic mass is 10.0. The van der Waals surface area contributed by atoms with Crippen LogP contribution in [-0.2, 0) is 10.5 Å². The Labute approximate surface area is 195 Å². The van der Waals surface area contributed by atoms with Crippen LogP contribution in [0.3, 0.4) is 0 Å². The van der Waals surface area contributed by atoms with Crippen molar-refractivity contribution in [2.24, 2.45) is 5.92 Å². The first-order valence-electron chi connectivity index (χ1n) is 10.2. The molecule has 2 N–H and O–H groups in total. The summed E-state index contributed by atoms with van der Waals surface area (Å²) in [5, 5.41) is 14.1. The molecule has 6 nitrogen and oxygen atoms in total. The largest absolute Gasteiger partial charge is 0.340 e. The fourth-order valence-corrected chi connectivity index (χ4v) is 4.71. The third-order valence-corrected chi connectivity index (χ3v) is 6.67. The molecular weight excluding hydrogens is 447 g/mol. The van der Waals surface area contributed by atoms with Crippen LogP contribution in [0.15, 0.2) is 52.9 Å². The van der Waals surface area contributed by atoms with Gasteiger partial charge in [0.2, 0.25) is 11.0 Å². The zero-order chi connectivity index (χ0) is 23.1. The number of anilines is 1. The van der Waals surface area contributed by atoms with Crippen molar-refractivity contribution in [2.75, 3.05) is 5.32 Å². The highest BCUT2D eigenvalue weighted by Crippen LogP contribution is 2.28. The van der Waals surface area contributed by atoms with Gasteiger partial charge in [-0.25, -0.2) is 4.39 Å². The van der Waals surface area contributed by atoms with Crippen molar-refractivity contribution in [2.45, 2.75) is 43.3 Å². The molecule has 0 aliphatic carbocycles. The first-order valence-corrected chi connectivity index (χ1v) is 12.0. The van der Waals surface area contributed by atoms with Crippen LogP contribution in [0, 0.1) is 18.7 Å². The lowest BCUT2D eigenvalue weighted by Crippen LogP contribution is -2.44. The molecule has 32 heavy (non-hydrogen) atoms. The molecule has 0 aliphatic heterocycles. The monoisotopic (exact) mass is 472 g/mol.